The largest absolute Gasteiger partial charge is 2.00 e. The first-order valence-corrected chi connectivity index (χ1v) is 16.0. The van der Waals surface area contributed by atoms with Crippen molar-refractivity contribution in [3.8, 4) is 0 Å². The third-order valence-corrected chi connectivity index (χ3v) is 11.8. The molecule has 0 aliphatic carbocycles. The Balaban J connectivity index is 0.000000267. The van der Waals surface area contributed by atoms with Crippen molar-refractivity contribution < 1.29 is 51.0 Å². The summed E-state index contributed by atoms with van der Waals surface area (Å²) in [5.41, 5.74) is 0. The zero-order valence-corrected chi connectivity index (χ0v) is 28.5. The van der Waals surface area contributed by atoms with Crippen LogP contribution in [0.4, 0.5) is 0 Å². The Morgan fingerprint density at radius 2 is 0.341 bits per heavy atom. The van der Waals surface area contributed by atoms with Gasteiger partial charge in [-0.1, -0.05) is 213 Å². The number of halogens is 2. The molecule has 41 heavy (non-hydrogen) atoms. The molecule has 0 amide bonds. The molecule has 0 saturated carbocycles. The van der Waals surface area contributed by atoms with Crippen LogP contribution in [-0.4, -0.2) is 17.6 Å². The van der Waals surface area contributed by atoms with Gasteiger partial charge in [0.25, 0.3) is 0 Å². The van der Waals surface area contributed by atoms with E-state index in [0.29, 0.717) is 0 Å². The van der Waals surface area contributed by atoms with E-state index in [1.165, 1.54) is 31.1 Å². The van der Waals surface area contributed by atoms with E-state index in [1.807, 2.05) is 0 Å². The van der Waals surface area contributed by atoms with Crippen molar-refractivity contribution in [3.63, 3.8) is 0 Å². The molecule has 0 heterocycles. The van der Waals surface area contributed by atoms with Gasteiger partial charge >= 0.3 is 26.2 Å². The summed E-state index contributed by atoms with van der Waals surface area (Å²) in [5, 5.41) is 8.61. The summed E-state index contributed by atoms with van der Waals surface area (Å²) in [6.45, 7) is 0. The first kappa shape index (κ1) is 34.4. The number of hydrogen-bond acceptors (Lipinski definition) is 0. The number of rotatable bonds is 6. The molecular weight excluding hydrogens is 651 g/mol. The number of hydrogen-bond donors (Lipinski definition) is 0. The second kappa shape index (κ2) is 18.6. The average molecular weight is 681 g/mol. The molecule has 0 aliphatic heterocycles. The van der Waals surface area contributed by atoms with Gasteiger partial charge in [0.2, 0.25) is 0 Å². The van der Waals surface area contributed by atoms with Gasteiger partial charge in [0.05, 0.1) is 0 Å². The summed E-state index contributed by atoms with van der Waals surface area (Å²) in [7, 11) is -1.75. The average Bonchev–Trinajstić information content (AvgIpc) is 3.01. The predicted molar refractivity (Wildman–Crippen MR) is 168 cm³/mol. The standard InChI is InChI=1S/2C18H15Si.2ClH.Zr/c2*1-4-10-16(11-5-1)19(17-12-6-2-7-13-17)18-14-8-3-9-15-18;;;/h2*1-15H;2*1H;/q;;;;+2/p-2. The van der Waals surface area contributed by atoms with Crippen LogP contribution in [0.15, 0.2) is 182 Å². The molecule has 0 atom stereocenters. The molecule has 0 unspecified atom stereocenters. The minimum atomic E-state index is -0.877. The molecule has 0 bridgehead atoms. The van der Waals surface area contributed by atoms with E-state index in [0.717, 1.165) is 0 Å². The molecule has 2 radical (unpaired) electrons. The molecule has 6 rings (SSSR count). The van der Waals surface area contributed by atoms with Crippen molar-refractivity contribution in [1.82, 2.24) is 0 Å². The minimum absolute atomic E-state index is 0. The van der Waals surface area contributed by atoms with Crippen LogP contribution in [0.5, 0.6) is 0 Å². The van der Waals surface area contributed by atoms with Crippen molar-refractivity contribution in [1.29, 1.82) is 0 Å². The molecule has 0 aliphatic rings. The van der Waals surface area contributed by atoms with E-state index < -0.39 is 17.6 Å². The first-order chi connectivity index (χ1) is 18.9. The normalized spacial score (nSPS) is 9.80. The second-order valence-electron chi connectivity index (χ2n) is 8.95. The van der Waals surface area contributed by atoms with Crippen LogP contribution in [0, 0.1) is 0 Å². The van der Waals surface area contributed by atoms with E-state index in [4.69, 9.17) is 0 Å². The third-order valence-electron chi connectivity index (χ3n) is 6.37. The van der Waals surface area contributed by atoms with Crippen LogP contribution >= 0.6 is 0 Å². The van der Waals surface area contributed by atoms with E-state index in [2.05, 4.69) is 182 Å². The van der Waals surface area contributed by atoms with E-state index in [9.17, 15) is 0 Å². The van der Waals surface area contributed by atoms with Crippen molar-refractivity contribution in [3.05, 3.63) is 182 Å². The molecular formula is C36H30Cl2Si2Zr. The maximum Gasteiger partial charge on any atom is 2.00 e. The van der Waals surface area contributed by atoms with Gasteiger partial charge < -0.3 is 24.8 Å². The van der Waals surface area contributed by atoms with Gasteiger partial charge in [0.1, 0.15) is 0 Å². The van der Waals surface area contributed by atoms with Crippen LogP contribution in [0.1, 0.15) is 0 Å². The molecule has 5 heteroatoms. The van der Waals surface area contributed by atoms with Crippen molar-refractivity contribution in [2.75, 3.05) is 0 Å². The topological polar surface area (TPSA) is 0 Å². The van der Waals surface area contributed by atoms with Crippen molar-refractivity contribution >= 4 is 48.7 Å². The molecule has 0 nitrogen and oxygen atoms in total. The first-order valence-electron chi connectivity index (χ1n) is 13.0. The van der Waals surface area contributed by atoms with Gasteiger partial charge in [-0.05, 0) is 0 Å². The molecule has 0 saturated heterocycles. The SMILES string of the molecule is [Cl-].[Cl-].[Zr+2].c1ccc([Si](c2ccccc2)c2ccccc2)cc1.c1ccc([Si](c2ccccc2)c2ccccc2)cc1. The Bertz CT molecular complexity index is 1180. The summed E-state index contributed by atoms with van der Waals surface area (Å²) < 4.78 is 0. The maximum absolute atomic E-state index is 2.24. The molecule has 0 spiro atoms. The molecule has 0 aromatic heterocycles. The smallest absolute Gasteiger partial charge is 1.00 e. The summed E-state index contributed by atoms with van der Waals surface area (Å²) in [5.74, 6) is 0. The Morgan fingerprint density at radius 1 is 0.220 bits per heavy atom. The quantitative estimate of drug-likeness (QED) is 0.147. The van der Waals surface area contributed by atoms with Gasteiger partial charge in [-0.25, -0.2) is 0 Å². The third kappa shape index (κ3) is 9.63. The van der Waals surface area contributed by atoms with E-state index in [-0.39, 0.29) is 51.0 Å². The molecule has 200 valence electrons. The van der Waals surface area contributed by atoms with Crippen molar-refractivity contribution in [2.45, 2.75) is 0 Å². The minimum Gasteiger partial charge on any atom is -1.00 e. The van der Waals surface area contributed by atoms with Crippen LogP contribution in [0.25, 0.3) is 0 Å². The van der Waals surface area contributed by atoms with Gasteiger partial charge in [0, 0.05) is 0 Å². The zero-order valence-electron chi connectivity index (χ0n) is 22.6. The summed E-state index contributed by atoms with van der Waals surface area (Å²) >= 11 is 0. The van der Waals surface area contributed by atoms with Crippen LogP contribution < -0.4 is 55.9 Å². The zero-order chi connectivity index (χ0) is 25.8. The van der Waals surface area contributed by atoms with E-state index in [1.54, 1.807) is 0 Å². The Kier molecular flexibility index (Phi) is 15.6. The summed E-state index contributed by atoms with van der Waals surface area (Å²) in [6, 6.07) is 65.0. The van der Waals surface area contributed by atoms with Gasteiger partial charge in [-0.3, -0.25) is 0 Å². The summed E-state index contributed by atoms with van der Waals surface area (Å²) in [4.78, 5) is 0. The van der Waals surface area contributed by atoms with Crippen LogP contribution in [0.3, 0.4) is 0 Å². The van der Waals surface area contributed by atoms with Gasteiger partial charge in [-0.15, -0.1) is 0 Å². The Morgan fingerprint density at radius 3 is 0.463 bits per heavy atom. The Hall–Kier alpha value is -2.78. The van der Waals surface area contributed by atoms with Gasteiger partial charge in [0.15, 0.2) is 17.6 Å². The number of benzene rings is 6. The maximum atomic E-state index is 2.24. The summed E-state index contributed by atoms with van der Waals surface area (Å²) in [6.07, 6.45) is 0. The fraction of sp³-hybridized carbons (Fsp3) is 0. The molecule has 6 aromatic rings. The monoisotopic (exact) mass is 678 g/mol. The second-order valence-corrected chi connectivity index (χ2v) is 13.9. The van der Waals surface area contributed by atoms with Crippen LogP contribution in [0.2, 0.25) is 0 Å². The molecule has 0 N–H and O–H groups in total. The Labute approximate surface area is 279 Å². The van der Waals surface area contributed by atoms with Crippen molar-refractivity contribution in [2.24, 2.45) is 0 Å². The fourth-order valence-electron chi connectivity index (χ4n) is 4.63. The van der Waals surface area contributed by atoms with E-state index >= 15 is 0 Å². The predicted octanol–water partition coefficient (Wildman–Crippen LogP) is -1.59. The fourth-order valence-corrected chi connectivity index (χ4v) is 9.78. The van der Waals surface area contributed by atoms with Gasteiger partial charge in [-0.2, -0.15) is 0 Å². The molecule has 0 fully saturated rings. The van der Waals surface area contributed by atoms with Crippen LogP contribution in [-0.2, 0) is 26.2 Å². The molecule has 6 aromatic carbocycles.